The van der Waals surface area contributed by atoms with Crippen LogP contribution in [0, 0.1) is 0 Å². The Bertz CT molecular complexity index is 1560. The zero-order valence-corrected chi connectivity index (χ0v) is 20.2. The molecule has 2 aromatic heterocycles. The van der Waals surface area contributed by atoms with Crippen LogP contribution in [0.15, 0.2) is 95.7 Å². The molecule has 0 bridgehead atoms. The molecule has 1 N–H and O–H groups in total. The zero-order chi connectivity index (χ0) is 25.4. The first-order chi connectivity index (χ1) is 17.2. The van der Waals surface area contributed by atoms with Gasteiger partial charge in [0, 0.05) is 33.8 Å². The third kappa shape index (κ3) is 4.15. The normalized spacial score (nSPS) is 11.5. The molecular weight excluding hydrogens is 454 g/mol. The highest BCUT2D eigenvalue weighted by Gasteiger charge is 2.34. The Kier molecular flexibility index (Phi) is 5.68. The van der Waals surface area contributed by atoms with E-state index in [1.54, 1.807) is 34.0 Å². The Balaban J connectivity index is 1.77. The van der Waals surface area contributed by atoms with Crippen molar-refractivity contribution in [3.8, 4) is 16.8 Å². The molecule has 0 aliphatic rings. The molecule has 0 fully saturated rings. The minimum absolute atomic E-state index is 0.190. The van der Waals surface area contributed by atoms with E-state index in [-0.39, 0.29) is 11.7 Å². The molecule has 7 heteroatoms. The van der Waals surface area contributed by atoms with Crippen molar-refractivity contribution in [1.29, 1.82) is 0 Å². The summed E-state index contributed by atoms with van der Waals surface area (Å²) in [7, 11) is 0. The average Bonchev–Trinajstić information content (AvgIpc) is 3.52. The Morgan fingerprint density at radius 2 is 1.61 bits per heavy atom. The van der Waals surface area contributed by atoms with Gasteiger partial charge in [-0.2, -0.15) is 5.10 Å². The molecule has 0 spiro atoms. The summed E-state index contributed by atoms with van der Waals surface area (Å²) in [6.45, 7) is 5.81. The van der Waals surface area contributed by atoms with E-state index in [0.29, 0.717) is 27.8 Å². The summed E-state index contributed by atoms with van der Waals surface area (Å²) in [5.41, 5.74) is 3.03. The van der Waals surface area contributed by atoms with E-state index in [1.807, 2.05) is 81.6 Å². The van der Waals surface area contributed by atoms with Crippen LogP contribution < -0.4 is 4.90 Å². The van der Waals surface area contributed by atoms with Crippen LogP contribution in [-0.4, -0.2) is 32.3 Å². The van der Waals surface area contributed by atoms with Gasteiger partial charge in [-0.1, -0.05) is 48.5 Å². The Labute approximate surface area is 208 Å². The summed E-state index contributed by atoms with van der Waals surface area (Å²) in [6.07, 6.45) is 3.61. The van der Waals surface area contributed by atoms with Gasteiger partial charge >= 0.3 is 5.97 Å². The van der Waals surface area contributed by atoms with Crippen LogP contribution in [0.5, 0.6) is 0 Å². The van der Waals surface area contributed by atoms with E-state index in [1.165, 1.54) is 6.07 Å². The van der Waals surface area contributed by atoms with E-state index in [9.17, 15) is 14.7 Å². The largest absolute Gasteiger partial charge is 0.475 e. The predicted molar refractivity (Wildman–Crippen MR) is 139 cm³/mol. The molecule has 3 aromatic carbocycles. The van der Waals surface area contributed by atoms with E-state index < -0.39 is 11.5 Å². The number of aromatic carboxylic acids is 1. The number of carboxylic acids is 1. The van der Waals surface area contributed by atoms with Crippen LogP contribution in [-0.2, 0) is 0 Å². The fourth-order valence-corrected chi connectivity index (χ4v) is 4.28. The van der Waals surface area contributed by atoms with E-state index in [2.05, 4.69) is 5.10 Å². The van der Waals surface area contributed by atoms with Gasteiger partial charge in [0.15, 0.2) is 5.58 Å². The van der Waals surface area contributed by atoms with Crippen LogP contribution in [0.2, 0.25) is 0 Å². The lowest BCUT2D eigenvalue weighted by Crippen LogP contribution is -2.46. The molecular formula is C29H25N3O4. The smallest absolute Gasteiger partial charge is 0.371 e. The van der Waals surface area contributed by atoms with Gasteiger partial charge in [0.25, 0.3) is 5.91 Å². The maximum atomic E-state index is 13.9. The third-order valence-electron chi connectivity index (χ3n) is 5.90. The molecule has 1 amide bonds. The van der Waals surface area contributed by atoms with E-state index >= 15 is 0 Å². The van der Waals surface area contributed by atoms with Crippen LogP contribution in [0.4, 0.5) is 5.69 Å². The standard InChI is InChI=1S/C29H25N3O4/c1-29(2,3)32(27(33)19-10-6-4-7-11-19)25-23(15-14-20-16-24(28(34)35)36-26(20)25)21-17-30-31(18-21)22-12-8-5-9-13-22/h4-18H,1-3H3,(H,34,35). The van der Waals surface area contributed by atoms with Crippen molar-refractivity contribution in [2.75, 3.05) is 4.90 Å². The number of hydrogen-bond donors (Lipinski definition) is 1. The number of carbonyl (C=O) groups is 2. The van der Waals surface area contributed by atoms with Gasteiger partial charge < -0.3 is 9.52 Å². The average molecular weight is 480 g/mol. The second-order valence-electron chi connectivity index (χ2n) is 9.48. The van der Waals surface area contributed by atoms with Crippen molar-refractivity contribution < 1.29 is 19.1 Å². The zero-order valence-electron chi connectivity index (χ0n) is 20.2. The summed E-state index contributed by atoms with van der Waals surface area (Å²) in [4.78, 5) is 27.3. The third-order valence-corrected chi connectivity index (χ3v) is 5.90. The van der Waals surface area contributed by atoms with Crippen LogP contribution in [0.3, 0.4) is 0 Å². The molecule has 5 rings (SSSR count). The highest BCUT2D eigenvalue weighted by Crippen LogP contribution is 2.42. The van der Waals surface area contributed by atoms with Gasteiger partial charge in [-0.3, -0.25) is 9.69 Å². The second kappa shape index (κ2) is 8.85. The highest BCUT2D eigenvalue weighted by atomic mass is 16.4. The van der Waals surface area contributed by atoms with Gasteiger partial charge in [0.1, 0.15) is 0 Å². The summed E-state index contributed by atoms with van der Waals surface area (Å²) < 4.78 is 7.61. The molecule has 5 aromatic rings. The lowest BCUT2D eigenvalue weighted by molar-refractivity contribution is 0.0665. The predicted octanol–water partition coefficient (Wildman–Crippen LogP) is 6.43. The van der Waals surface area contributed by atoms with Crippen molar-refractivity contribution >= 4 is 28.5 Å². The van der Waals surface area contributed by atoms with Gasteiger partial charge in [0.05, 0.1) is 17.6 Å². The summed E-state index contributed by atoms with van der Waals surface area (Å²) in [5, 5.41) is 14.7. The minimum atomic E-state index is -1.17. The number of anilines is 1. The van der Waals surface area contributed by atoms with Crippen molar-refractivity contribution in [3.05, 3.63) is 103 Å². The summed E-state index contributed by atoms with van der Waals surface area (Å²) in [6, 6.07) is 23.9. The first kappa shape index (κ1) is 23.1. The number of fused-ring (bicyclic) bond motifs is 1. The molecule has 180 valence electrons. The van der Waals surface area contributed by atoms with E-state index in [0.717, 1.165) is 11.3 Å². The molecule has 0 aliphatic carbocycles. The number of amides is 1. The second-order valence-corrected chi connectivity index (χ2v) is 9.48. The van der Waals surface area contributed by atoms with Crippen LogP contribution in [0.1, 0.15) is 41.7 Å². The van der Waals surface area contributed by atoms with Gasteiger partial charge in [-0.25, -0.2) is 9.48 Å². The quantitative estimate of drug-likeness (QED) is 0.314. The number of furan rings is 1. The minimum Gasteiger partial charge on any atom is -0.475 e. The van der Waals surface area contributed by atoms with Crippen molar-refractivity contribution in [1.82, 2.24) is 9.78 Å². The van der Waals surface area contributed by atoms with E-state index in [4.69, 9.17) is 4.42 Å². The number of nitrogens with zero attached hydrogens (tertiary/aromatic N) is 3. The van der Waals surface area contributed by atoms with Crippen LogP contribution >= 0.6 is 0 Å². The maximum absolute atomic E-state index is 13.9. The molecule has 0 aliphatic heterocycles. The molecule has 2 heterocycles. The number of carboxylic acid groups (broad SMARTS) is 1. The SMILES string of the molecule is CC(C)(C)N(C(=O)c1ccccc1)c1c(-c2cnn(-c3ccccc3)c2)ccc2cc(C(=O)O)oc12. The Morgan fingerprint density at radius 3 is 2.25 bits per heavy atom. The lowest BCUT2D eigenvalue weighted by Gasteiger charge is -2.37. The van der Waals surface area contributed by atoms with Crippen LogP contribution in [0.25, 0.3) is 27.8 Å². The Morgan fingerprint density at radius 1 is 0.944 bits per heavy atom. The van der Waals surface area contributed by atoms with Crippen molar-refractivity contribution in [3.63, 3.8) is 0 Å². The van der Waals surface area contributed by atoms with Crippen molar-refractivity contribution in [2.24, 2.45) is 0 Å². The number of hydrogen-bond acceptors (Lipinski definition) is 4. The molecule has 7 nitrogen and oxygen atoms in total. The maximum Gasteiger partial charge on any atom is 0.371 e. The van der Waals surface area contributed by atoms with Gasteiger partial charge in [-0.05, 0) is 51.1 Å². The molecule has 0 atom stereocenters. The number of benzene rings is 3. The summed E-state index contributed by atoms with van der Waals surface area (Å²) >= 11 is 0. The molecule has 0 radical (unpaired) electrons. The number of rotatable bonds is 5. The van der Waals surface area contributed by atoms with Crippen molar-refractivity contribution in [2.45, 2.75) is 26.3 Å². The molecule has 0 saturated heterocycles. The van der Waals surface area contributed by atoms with Gasteiger partial charge in [-0.15, -0.1) is 0 Å². The lowest BCUT2D eigenvalue weighted by atomic mass is 9.97. The Hall–Kier alpha value is -4.65. The molecule has 36 heavy (non-hydrogen) atoms. The first-order valence-electron chi connectivity index (χ1n) is 11.5. The number of para-hydroxylation sites is 1. The van der Waals surface area contributed by atoms with Gasteiger partial charge in [0.2, 0.25) is 5.76 Å². The fraction of sp³-hybridized carbons (Fsp3) is 0.138. The number of aromatic nitrogens is 2. The first-order valence-corrected chi connectivity index (χ1v) is 11.5. The highest BCUT2D eigenvalue weighted by molar-refractivity contribution is 6.14. The summed E-state index contributed by atoms with van der Waals surface area (Å²) in [5.74, 6) is -1.59. The monoisotopic (exact) mass is 479 g/mol. The fourth-order valence-electron chi connectivity index (χ4n) is 4.28. The molecule has 0 unspecified atom stereocenters. The number of carbonyl (C=O) groups excluding carboxylic acids is 1. The topological polar surface area (TPSA) is 88.6 Å². The molecule has 0 saturated carbocycles.